The number of pyridine rings is 2. The number of benzene rings is 3. The van der Waals surface area contributed by atoms with Crippen LogP contribution in [0.4, 0.5) is 0 Å². The van der Waals surface area contributed by atoms with Crippen molar-refractivity contribution in [3.63, 3.8) is 0 Å². The molecule has 2 aromatic heterocycles. The minimum absolute atomic E-state index is 0.897. The van der Waals surface area contributed by atoms with Crippen LogP contribution in [-0.4, -0.2) is 9.97 Å². The van der Waals surface area contributed by atoms with Gasteiger partial charge in [-0.05, 0) is 29.8 Å². The summed E-state index contributed by atoms with van der Waals surface area (Å²) in [6.45, 7) is 0. The Morgan fingerprint density at radius 1 is 0.500 bits per heavy atom. The minimum Gasteiger partial charge on any atom is -0.246 e. The molecule has 0 amide bonds. The minimum atomic E-state index is 0.897. The molecule has 2 nitrogen and oxygen atoms in total. The normalized spacial score (nSPS) is 11.1. The molecule has 5 aromatic rings. The van der Waals surface area contributed by atoms with E-state index in [9.17, 15) is 0 Å². The van der Waals surface area contributed by atoms with E-state index in [2.05, 4.69) is 60.7 Å². The van der Waals surface area contributed by atoms with E-state index >= 15 is 0 Å². The Labute approximate surface area is 151 Å². The number of hydrogen-bond donors (Lipinski definition) is 0. The van der Waals surface area contributed by atoms with E-state index in [1.807, 2.05) is 36.4 Å². The summed E-state index contributed by atoms with van der Waals surface area (Å²) < 4.78 is 0. The zero-order valence-electron chi connectivity index (χ0n) is 14.1. The molecule has 0 fully saturated rings. The summed E-state index contributed by atoms with van der Waals surface area (Å²) >= 11 is 0. The highest BCUT2D eigenvalue weighted by Crippen LogP contribution is 2.33. The second-order valence-electron chi connectivity index (χ2n) is 6.33. The third-order valence-electron chi connectivity index (χ3n) is 4.65. The van der Waals surface area contributed by atoms with Gasteiger partial charge in [0.05, 0.1) is 22.4 Å². The van der Waals surface area contributed by atoms with Crippen molar-refractivity contribution >= 4 is 21.8 Å². The van der Waals surface area contributed by atoms with Gasteiger partial charge in [0.1, 0.15) is 0 Å². The van der Waals surface area contributed by atoms with Crippen molar-refractivity contribution < 1.29 is 0 Å². The van der Waals surface area contributed by atoms with Crippen molar-refractivity contribution in [2.45, 2.75) is 0 Å². The Hall–Kier alpha value is -3.52. The Morgan fingerprint density at radius 2 is 1.15 bits per heavy atom. The van der Waals surface area contributed by atoms with Crippen LogP contribution < -0.4 is 0 Å². The maximum absolute atomic E-state index is 4.97. The Kier molecular flexibility index (Phi) is 3.46. The molecule has 0 spiro atoms. The lowest BCUT2D eigenvalue weighted by atomic mass is 9.99. The van der Waals surface area contributed by atoms with Gasteiger partial charge in [-0.25, -0.2) is 9.97 Å². The van der Waals surface area contributed by atoms with Crippen molar-refractivity contribution in [2.24, 2.45) is 0 Å². The molecule has 122 valence electrons. The van der Waals surface area contributed by atoms with Crippen LogP contribution in [0.1, 0.15) is 0 Å². The number of rotatable bonds is 2. The molecule has 0 bridgehead atoms. The van der Waals surface area contributed by atoms with Gasteiger partial charge in [-0.1, -0.05) is 72.8 Å². The van der Waals surface area contributed by atoms with Crippen molar-refractivity contribution in [1.82, 2.24) is 9.97 Å². The Morgan fingerprint density at radius 3 is 1.96 bits per heavy atom. The summed E-state index contributed by atoms with van der Waals surface area (Å²) in [5.41, 5.74) is 6.04. The molecule has 0 unspecified atom stereocenters. The van der Waals surface area contributed by atoms with Crippen LogP contribution in [0.2, 0.25) is 0 Å². The second-order valence-corrected chi connectivity index (χ2v) is 6.33. The van der Waals surface area contributed by atoms with Crippen LogP contribution in [0.15, 0.2) is 97.1 Å². The third-order valence-corrected chi connectivity index (χ3v) is 4.65. The number of fused-ring (bicyclic) bond motifs is 2. The van der Waals surface area contributed by atoms with Gasteiger partial charge in [-0.15, -0.1) is 0 Å². The highest BCUT2D eigenvalue weighted by Gasteiger charge is 2.12. The van der Waals surface area contributed by atoms with Gasteiger partial charge in [-0.3, -0.25) is 0 Å². The maximum atomic E-state index is 4.97. The summed E-state index contributed by atoms with van der Waals surface area (Å²) in [6.07, 6.45) is 0. The number of para-hydroxylation sites is 2. The Bertz CT molecular complexity index is 1230. The van der Waals surface area contributed by atoms with Gasteiger partial charge in [0.25, 0.3) is 0 Å². The molecule has 0 saturated heterocycles. The molecule has 0 aliphatic heterocycles. The molecule has 2 heterocycles. The summed E-state index contributed by atoms with van der Waals surface area (Å²) in [4.78, 5) is 9.84. The SMILES string of the molecule is c1ccc(-c2cc3ccccc3nc2-c2ccc3ccccc3n2)cc1. The van der Waals surface area contributed by atoms with Crippen LogP contribution in [-0.2, 0) is 0 Å². The first-order valence-corrected chi connectivity index (χ1v) is 8.70. The van der Waals surface area contributed by atoms with Crippen molar-refractivity contribution in [3.8, 4) is 22.5 Å². The van der Waals surface area contributed by atoms with E-state index in [-0.39, 0.29) is 0 Å². The molecule has 3 aromatic carbocycles. The predicted octanol–water partition coefficient (Wildman–Crippen LogP) is 6.12. The molecule has 0 saturated carbocycles. The molecular weight excluding hydrogens is 316 g/mol. The number of hydrogen-bond acceptors (Lipinski definition) is 2. The average molecular weight is 332 g/mol. The van der Waals surface area contributed by atoms with Crippen molar-refractivity contribution in [3.05, 3.63) is 97.1 Å². The monoisotopic (exact) mass is 332 g/mol. The zero-order valence-corrected chi connectivity index (χ0v) is 14.1. The van der Waals surface area contributed by atoms with Crippen LogP contribution in [0.5, 0.6) is 0 Å². The molecule has 0 radical (unpaired) electrons. The molecule has 26 heavy (non-hydrogen) atoms. The molecule has 0 aliphatic rings. The van der Waals surface area contributed by atoms with Crippen LogP contribution >= 0.6 is 0 Å². The van der Waals surface area contributed by atoms with Gasteiger partial charge in [0.2, 0.25) is 0 Å². The molecule has 0 atom stereocenters. The molecule has 0 aliphatic carbocycles. The van der Waals surface area contributed by atoms with Gasteiger partial charge in [0.15, 0.2) is 0 Å². The van der Waals surface area contributed by atoms with E-state index < -0.39 is 0 Å². The molecule has 5 rings (SSSR count). The van der Waals surface area contributed by atoms with Gasteiger partial charge >= 0.3 is 0 Å². The number of aromatic nitrogens is 2. The van der Waals surface area contributed by atoms with Crippen molar-refractivity contribution in [1.29, 1.82) is 0 Å². The molecule has 0 N–H and O–H groups in total. The first-order valence-electron chi connectivity index (χ1n) is 8.70. The lowest BCUT2D eigenvalue weighted by molar-refractivity contribution is 1.32. The van der Waals surface area contributed by atoms with Crippen LogP contribution in [0, 0.1) is 0 Å². The number of nitrogens with zero attached hydrogens (tertiary/aromatic N) is 2. The van der Waals surface area contributed by atoms with E-state index in [1.165, 1.54) is 0 Å². The van der Waals surface area contributed by atoms with Crippen LogP contribution in [0.3, 0.4) is 0 Å². The van der Waals surface area contributed by atoms with Gasteiger partial charge < -0.3 is 0 Å². The highest BCUT2D eigenvalue weighted by atomic mass is 14.8. The van der Waals surface area contributed by atoms with E-state index in [0.717, 1.165) is 44.3 Å². The van der Waals surface area contributed by atoms with E-state index in [0.29, 0.717) is 0 Å². The maximum Gasteiger partial charge on any atom is 0.0972 e. The fraction of sp³-hybridized carbons (Fsp3) is 0. The zero-order chi connectivity index (χ0) is 17.3. The summed E-state index contributed by atoms with van der Waals surface area (Å²) in [6, 6.07) is 33.2. The van der Waals surface area contributed by atoms with Crippen molar-refractivity contribution in [2.75, 3.05) is 0 Å². The van der Waals surface area contributed by atoms with Gasteiger partial charge in [-0.2, -0.15) is 0 Å². The topological polar surface area (TPSA) is 25.8 Å². The van der Waals surface area contributed by atoms with Gasteiger partial charge in [0, 0.05) is 16.3 Å². The lowest BCUT2D eigenvalue weighted by Gasteiger charge is -2.11. The molecular formula is C24H16N2. The summed E-state index contributed by atoms with van der Waals surface area (Å²) in [5.74, 6) is 0. The Balaban J connectivity index is 1.81. The fourth-order valence-electron chi connectivity index (χ4n) is 3.35. The third kappa shape index (κ3) is 2.52. The first kappa shape index (κ1) is 14.8. The van der Waals surface area contributed by atoms with E-state index in [4.69, 9.17) is 9.97 Å². The first-order chi connectivity index (χ1) is 12.9. The van der Waals surface area contributed by atoms with E-state index in [1.54, 1.807) is 0 Å². The average Bonchev–Trinajstić information content (AvgIpc) is 2.73. The highest BCUT2D eigenvalue weighted by molar-refractivity contribution is 5.92. The fourth-order valence-corrected chi connectivity index (χ4v) is 3.35. The second kappa shape index (κ2) is 6.08. The van der Waals surface area contributed by atoms with Crippen LogP contribution in [0.25, 0.3) is 44.3 Å². The smallest absolute Gasteiger partial charge is 0.0972 e. The summed E-state index contributed by atoms with van der Waals surface area (Å²) in [5, 5.41) is 2.27. The summed E-state index contributed by atoms with van der Waals surface area (Å²) in [7, 11) is 0. The quantitative estimate of drug-likeness (QED) is 0.389. The predicted molar refractivity (Wildman–Crippen MR) is 108 cm³/mol. The largest absolute Gasteiger partial charge is 0.246 e. The lowest BCUT2D eigenvalue weighted by Crippen LogP contribution is -1.94. The molecule has 2 heteroatoms. The standard InChI is InChI=1S/C24H16N2/c1-2-8-17(9-3-1)20-16-19-11-5-7-13-22(19)26-24(20)23-15-14-18-10-4-6-12-21(18)25-23/h1-16H.